The maximum atomic E-state index is 8.49. The molecule has 0 bridgehead atoms. The van der Waals surface area contributed by atoms with Gasteiger partial charge in [-0.2, -0.15) is 0 Å². The fourth-order valence-corrected chi connectivity index (χ4v) is 1.34. The Bertz CT molecular complexity index is 180. The molecular weight excluding hydrogens is 194 g/mol. The molecule has 0 aromatic carbocycles. The Labute approximate surface area is 91.7 Å². The summed E-state index contributed by atoms with van der Waals surface area (Å²) in [5.41, 5.74) is 5.48. The SMILES string of the molecule is CCCC(COC)NCC(C)C(N)=NO. The van der Waals surface area contributed by atoms with E-state index < -0.39 is 0 Å². The van der Waals surface area contributed by atoms with E-state index in [0.29, 0.717) is 19.2 Å². The molecule has 0 aliphatic heterocycles. The van der Waals surface area contributed by atoms with E-state index in [9.17, 15) is 0 Å². The van der Waals surface area contributed by atoms with Gasteiger partial charge in [0.1, 0.15) is 5.84 Å². The van der Waals surface area contributed by atoms with Gasteiger partial charge in [0.05, 0.1) is 6.61 Å². The first-order valence-electron chi connectivity index (χ1n) is 5.35. The van der Waals surface area contributed by atoms with Crippen LogP contribution < -0.4 is 11.1 Å². The second-order valence-corrected chi connectivity index (χ2v) is 3.78. The van der Waals surface area contributed by atoms with E-state index in [1.54, 1.807) is 7.11 Å². The molecule has 4 N–H and O–H groups in total. The van der Waals surface area contributed by atoms with Gasteiger partial charge in [-0.3, -0.25) is 0 Å². The number of nitrogens with two attached hydrogens (primary N) is 1. The number of nitrogens with zero attached hydrogens (tertiary/aromatic N) is 1. The van der Waals surface area contributed by atoms with Gasteiger partial charge >= 0.3 is 0 Å². The average Bonchev–Trinajstić information content (AvgIpc) is 2.25. The molecule has 0 aromatic rings. The first-order chi connectivity index (χ1) is 7.15. The van der Waals surface area contributed by atoms with Gasteiger partial charge in [-0.05, 0) is 6.42 Å². The summed E-state index contributed by atoms with van der Waals surface area (Å²) in [7, 11) is 1.69. The lowest BCUT2D eigenvalue weighted by molar-refractivity contribution is 0.161. The standard InChI is InChI=1S/C10H23N3O2/c1-4-5-9(7-15-3)12-6-8(2)10(11)13-14/h8-9,12,14H,4-7H2,1-3H3,(H2,11,13). The van der Waals surface area contributed by atoms with Gasteiger partial charge in [0.25, 0.3) is 0 Å². The molecule has 0 heterocycles. The molecule has 0 radical (unpaired) electrons. The van der Waals surface area contributed by atoms with E-state index in [0.717, 1.165) is 12.8 Å². The molecule has 0 spiro atoms. The zero-order chi connectivity index (χ0) is 11.7. The van der Waals surface area contributed by atoms with Gasteiger partial charge < -0.3 is 21.0 Å². The van der Waals surface area contributed by atoms with Crippen LogP contribution in [0.5, 0.6) is 0 Å². The maximum absolute atomic E-state index is 8.49. The fourth-order valence-electron chi connectivity index (χ4n) is 1.34. The van der Waals surface area contributed by atoms with E-state index in [2.05, 4.69) is 17.4 Å². The summed E-state index contributed by atoms with van der Waals surface area (Å²) in [6.45, 7) is 5.44. The van der Waals surface area contributed by atoms with Crippen molar-refractivity contribution in [2.45, 2.75) is 32.7 Å². The van der Waals surface area contributed by atoms with Crippen LogP contribution >= 0.6 is 0 Å². The van der Waals surface area contributed by atoms with Crippen LogP contribution in [0.4, 0.5) is 0 Å². The van der Waals surface area contributed by atoms with Crippen molar-refractivity contribution >= 4 is 5.84 Å². The molecule has 0 aromatic heterocycles. The smallest absolute Gasteiger partial charge is 0.143 e. The van der Waals surface area contributed by atoms with E-state index >= 15 is 0 Å². The highest BCUT2D eigenvalue weighted by molar-refractivity contribution is 5.82. The molecule has 2 unspecified atom stereocenters. The zero-order valence-electron chi connectivity index (χ0n) is 9.86. The average molecular weight is 217 g/mol. The van der Waals surface area contributed by atoms with Crippen LogP contribution in [0.2, 0.25) is 0 Å². The topological polar surface area (TPSA) is 79.9 Å². The van der Waals surface area contributed by atoms with Crippen molar-refractivity contribution in [3.63, 3.8) is 0 Å². The summed E-state index contributed by atoms with van der Waals surface area (Å²) in [4.78, 5) is 0. The monoisotopic (exact) mass is 217 g/mol. The van der Waals surface area contributed by atoms with Crippen molar-refractivity contribution in [1.82, 2.24) is 5.32 Å². The number of ether oxygens (including phenoxy) is 1. The Hall–Kier alpha value is -0.810. The molecule has 0 rings (SSSR count). The number of hydrogen-bond donors (Lipinski definition) is 3. The summed E-state index contributed by atoms with van der Waals surface area (Å²) in [5, 5.41) is 14.8. The van der Waals surface area contributed by atoms with Gasteiger partial charge in [-0.1, -0.05) is 25.4 Å². The second kappa shape index (κ2) is 8.49. The lowest BCUT2D eigenvalue weighted by Crippen LogP contribution is -2.39. The molecule has 0 saturated heterocycles. The minimum absolute atomic E-state index is 0.0335. The number of oxime groups is 1. The minimum Gasteiger partial charge on any atom is -0.409 e. The van der Waals surface area contributed by atoms with E-state index in [-0.39, 0.29) is 11.8 Å². The predicted octanol–water partition coefficient (Wildman–Crippen LogP) is 0.774. The van der Waals surface area contributed by atoms with E-state index in [1.807, 2.05) is 6.92 Å². The highest BCUT2D eigenvalue weighted by Gasteiger charge is 2.11. The third-order valence-electron chi connectivity index (χ3n) is 2.34. The number of rotatable bonds is 8. The Morgan fingerprint density at radius 2 is 2.27 bits per heavy atom. The van der Waals surface area contributed by atoms with Crippen molar-refractivity contribution in [3.05, 3.63) is 0 Å². The second-order valence-electron chi connectivity index (χ2n) is 3.78. The first kappa shape index (κ1) is 14.2. The summed E-state index contributed by atoms with van der Waals surface area (Å²) in [5.74, 6) is 0.293. The van der Waals surface area contributed by atoms with Crippen molar-refractivity contribution in [3.8, 4) is 0 Å². The molecule has 2 atom stereocenters. The van der Waals surface area contributed by atoms with Gasteiger partial charge in [-0.25, -0.2) is 0 Å². The molecule has 15 heavy (non-hydrogen) atoms. The molecule has 0 amide bonds. The Balaban J connectivity index is 3.87. The van der Waals surface area contributed by atoms with Crippen LogP contribution in [-0.2, 0) is 4.74 Å². The molecule has 5 heteroatoms. The van der Waals surface area contributed by atoms with Gasteiger partial charge in [-0.15, -0.1) is 0 Å². The number of methoxy groups -OCH3 is 1. The van der Waals surface area contributed by atoms with Crippen LogP contribution in [0.15, 0.2) is 5.16 Å². The zero-order valence-corrected chi connectivity index (χ0v) is 9.86. The number of nitrogens with one attached hydrogen (secondary N) is 1. The Morgan fingerprint density at radius 1 is 1.60 bits per heavy atom. The molecular formula is C10H23N3O2. The molecule has 0 aliphatic carbocycles. The third-order valence-corrected chi connectivity index (χ3v) is 2.34. The van der Waals surface area contributed by atoms with E-state index in [4.69, 9.17) is 15.7 Å². The lowest BCUT2D eigenvalue weighted by Gasteiger charge is -2.19. The molecule has 90 valence electrons. The van der Waals surface area contributed by atoms with Crippen molar-refractivity contribution in [2.24, 2.45) is 16.8 Å². The van der Waals surface area contributed by atoms with Gasteiger partial charge in [0, 0.05) is 25.6 Å². The molecule has 0 saturated carbocycles. The quantitative estimate of drug-likeness (QED) is 0.243. The Morgan fingerprint density at radius 3 is 2.73 bits per heavy atom. The first-order valence-corrected chi connectivity index (χ1v) is 5.35. The maximum Gasteiger partial charge on any atom is 0.143 e. The van der Waals surface area contributed by atoms with Crippen molar-refractivity contribution in [2.75, 3.05) is 20.3 Å². The van der Waals surface area contributed by atoms with Gasteiger partial charge in [0.15, 0.2) is 0 Å². The predicted molar refractivity (Wildman–Crippen MR) is 61.1 cm³/mol. The minimum atomic E-state index is 0.0335. The third kappa shape index (κ3) is 6.30. The van der Waals surface area contributed by atoms with Gasteiger partial charge in [0.2, 0.25) is 0 Å². The molecule has 5 nitrogen and oxygen atoms in total. The largest absolute Gasteiger partial charge is 0.409 e. The van der Waals surface area contributed by atoms with E-state index in [1.165, 1.54) is 0 Å². The van der Waals surface area contributed by atoms with Crippen LogP contribution in [0.3, 0.4) is 0 Å². The fraction of sp³-hybridized carbons (Fsp3) is 0.900. The lowest BCUT2D eigenvalue weighted by atomic mass is 10.1. The highest BCUT2D eigenvalue weighted by atomic mass is 16.5. The number of hydrogen-bond acceptors (Lipinski definition) is 4. The summed E-state index contributed by atoms with van der Waals surface area (Å²) < 4.78 is 5.10. The normalized spacial score (nSPS) is 16.3. The molecule has 0 aliphatic rings. The summed E-state index contributed by atoms with van der Waals surface area (Å²) in [6.07, 6.45) is 2.18. The number of amidine groups is 1. The van der Waals surface area contributed by atoms with Crippen molar-refractivity contribution in [1.29, 1.82) is 0 Å². The van der Waals surface area contributed by atoms with Crippen LogP contribution in [0, 0.1) is 5.92 Å². The summed E-state index contributed by atoms with van der Waals surface area (Å²) in [6, 6.07) is 0.342. The Kier molecular flexibility index (Phi) is 8.04. The van der Waals surface area contributed by atoms with Crippen LogP contribution in [-0.4, -0.2) is 37.3 Å². The van der Waals surface area contributed by atoms with Crippen molar-refractivity contribution < 1.29 is 9.94 Å². The highest BCUT2D eigenvalue weighted by Crippen LogP contribution is 1.99. The summed E-state index contributed by atoms with van der Waals surface area (Å²) >= 11 is 0. The van der Waals surface area contributed by atoms with Crippen LogP contribution in [0.1, 0.15) is 26.7 Å². The van der Waals surface area contributed by atoms with Crippen LogP contribution in [0.25, 0.3) is 0 Å². The molecule has 0 fully saturated rings.